The minimum absolute atomic E-state index is 0.138. The van der Waals surface area contributed by atoms with Crippen LogP contribution in [0.5, 0.6) is 0 Å². The molecule has 20 heavy (non-hydrogen) atoms. The van der Waals surface area contributed by atoms with Crippen molar-refractivity contribution >= 4 is 23.5 Å². The first kappa shape index (κ1) is 16.4. The van der Waals surface area contributed by atoms with Crippen molar-refractivity contribution in [2.75, 3.05) is 13.1 Å². The molecule has 0 radical (unpaired) electrons. The average molecular weight is 299 g/mol. The zero-order chi connectivity index (χ0) is 15.3. The van der Waals surface area contributed by atoms with Crippen LogP contribution in [0.1, 0.15) is 49.2 Å². The molecular formula is C14H19ClN2O3. The van der Waals surface area contributed by atoms with Crippen LogP contribution in [0.15, 0.2) is 12.1 Å². The van der Waals surface area contributed by atoms with Gasteiger partial charge in [-0.3, -0.25) is 9.59 Å². The average Bonchev–Trinajstić information content (AvgIpc) is 2.36. The summed E-state index contributed by atoms with van der Waals surface area (Å²) in [6.45, 7) is 5.87. The van der Waals surface area contributed by atoms with Crippen LogP contribution in [0, 0.1) is 0 Å². The van der Waals surface area contributed by atoms with Gasteiger partial charge < -0.3 is 10.0 Å². The lowest BCUT2D eigenvalue weighted by molar-refractivity contribution is -0.137. The number of aliphatic carboxylic acids is 1. The Balaban J connectivity index is 3.07. The van der Waals surface area contributed by atoms with Gasteiger partial charge in [0.2, 0.25) is 0 Å². The third-order valence-corrected chi connectivity index (χ3v) is 2.95. The Bertz CT molecular complexity index is 503. The second-order valence-electron chi connectivity index (χ2n) is 4.88. The zero-order valence-corrected chi connectivity index (χ0v) is 12.6. The SMILES string of the molecule is CCCN(CC(=O)O)C(=O)c1cc(Cl)nc(C(C)C)c1. The smallest absolute Gasteiger partial charge is 0.323 e. The largest absolute Gasteiger partial charge is 0.480 e. The minimum atomic E-state index is -1.03. The lowest BCUT2D eigenvalue weighted by Gasteiger charge is -2.20. The number of aromatic nitrogens is 1. The molecule has 0 aromatic carbocycles. The molecule has 0 aliphatic rings. The molecule has 0 saturated heterocycles. The summed E-state index contributed by atoms with van der Waals surface area (Å²) in [5.41, 5.74) is 1.09. The fourth-order valence-corrected chi connectivity index (χ4v) is 2.02. The van der Waals surface area contributed by atoms with E-state index in [2.05, 4.69) is 4.98 Å². The van der Waals surface area contributed by atoms with Gasteiger partial charge in [-0.25, -0.2) is 4.98 Å². The van der Waals surface area contributed by atoms with E-state index in [0.717, 1.165) is 0 Å². The lowest BCUT2D eigenvalue weighted by Crippen LogP contribution is -2.36. The van der Waals surface area contributed by atoms with Crippen molar-refractivity contribution < 1.29 is 14.7 Å². The van der Waals surface area contributed by atoms with E-state index < -0.39 is 5.97 Å². The summed E-state index contributed by atoms with van der Waals surface area (Å²) in [5, 5.41) is 9.11. The standard InChI is InChI=1S/C14H19ClN2O3/c1-4-5-17(8-13(18)19)14(20)10-6-11(9(2)3)16-12(15)7-10/h6-7,9H,4-5,8H2,1-3H3,(H,18,19). The predicted molar refractivity (Wildman–Crippen MR) is 77.2 cm³/mol. The van der Waals surface area contributed by atoms with E-state index in [1.165, 1.54) is 11.0 Å². The Morgan fingerprint density at radius 3 is 2.55 bits per heavy atom. The Hall–Kier alpha value is -1.62. The van der Waals surface area contributed by atoms with Crippen molar-refractivity contribution in [3.05, 3.63) is 28.5 Å². The Morgan fingerprint density at radius 2 is 2.05 bits per heavy atom. The Kier molecular flexibility index (Phi) is 5.95. The maximum Gasteiger partial charge on any atom is 0.323 e. The third-order valence-electron chi connectivity index (χ3n) is 2.76. The van der Waals surface area contributed by atoms with Gasteiger partial charge in [0.05, 0.1) is 0 Å². The van der Waals surface area contributed by atoms with Crippen molar-refractivity contribution in [2.24, 2.45) is 0 Å². The van der Waals surface area contributed by atoms with E-state index in [4.69, 9.17) is 16.7 Å². The molecular weight excluding hydrogens is 280 g/mol. The summed E-state index contributed by atoms with van der Waals surface area (Å²) < 4.78 is 0. The van der Waals surface area contributed by atoms with Crippen molar-refractivity contribution in [2.45, 2.75) is 33.1 Å². The topological polar surface area (TPSA) is 70.5 Å². The molecule has 0 atom stereocenters. The van der Waals surface area contributed by atoms with Crippen LogP contribution in [0.25, 0.3) is 0 Å². The van der Waals surface area contributed by atoms with Crippen LogP contribution in [0.3, 0.4) is 0 Å². The van der Waals surface area contributed by atoms with Gasteiger partial charge in [-0.1, -0.05) is 32.4 Å². The summed E-state index contributed by atoms with van der Waals surface area (Å²) in [4.78, 5) is 28.7. The van der Waals surface area contributed by atoms with Crippen LogP contribution in [0.2, 0.25) is 5.15 Å². The molecule has 1 rings (SSSR count). The molecule has 0 spiro atoms. The summed E-state index contributed by atoms with van der Waals surface area (Å²) >= 11 is 5.93. The number of carboxylic acid groups (broad SMARTS) is 1. The Morgan fingerprint density at radius 1 is 1.40 bits per heavy atom. The van der Waals surface area contributed by atoms with Gasteiger partial charge in [0.15, 0.2) is 0 Å². The van der Waals surface area contributed by atoms with Crippen molar-refractivity contribution in [1.29, 1.82) is 0 Å². The highest BCUT2D eigenvalue weighted by atomic mass is 35.5. The first-order valence-corrected chi connectivity index (χ1v) is 6.91. The second-order valence-corrected chi connectivity index (χ2v) is 5.27. The third kappa shape index (κ3) is 4.49. The maximum absolute atomic E-state index is 12.4. The highest BCUT2D eigenvalue weighted by Crippen LogP contribution is 2.19. The van der Waals surface area contributed by atoms with Crippen molar-refractivity contribution in [3.63, 3.8) is 0 Å². The van der Waals surface area contributed by atoms with Gasteiger partial charge in [0, 0.05) is 17.8 Å². The molecule has 0 bridgehead atoms. The van der Waals surface area contributed by atoms with Crippen LogP contribution in [-0.4, -0.2) is 40.0 Å². The van der Waals surface area contributed by atoms with Crippen LogP contribution in [0.4, 0.5) is 0 Å². The molecule has 1 aromatic heterocycles. The van der Waals surface area contributed by atoms with Crippen LogP contribution < -0.4 is 0 Å². The minimum Gasteiger partial charge on any atom is -0.480 e. The lowest BCUT2D eigenvalue weighted by atomic mass is 10.1. The molecule has 0 aliphatic carbocycles. The highest BCUT2D eigenvalue weighted by Gasteiger charge is 2.19. The van der Waals surface area contributed by atoms with Crippen LogP contribution >= 0.6 is 11.6 Å². The summed E-state index contributed by atoms with van der Waals surface area (Å²) in [6.07, 6.45) is 0.689. The molecule has 1 N–H and O–H groups in total. The van der Waals surface area contributed by atoms with E-state index in [1.54, 1.807) is 6.07 Å². The number of carboxylic acids is 1. The fraction of sp³-hybridized carbons (Fsp3) is 0.500. The van der Waals surface area contributed by atoms with Gasteiger partial charge in [0.25, 0.3) is 5.91 Å². The van der Waals surface area contributed by atoms with Crippen molar-refractivity contribution in [1.82, 2.24) is 9.88 Å². The number of hydrogen-bond donors (Lipinski definition) is 1. The maximum atomic E-state index is 12.4. The number of rotatable bonds is 6. The first-order chi connectivity index (χ1) is 9.35. The molecule has 1 amide bonds. The van der Waals surface area contributed by atoms with E-state index in [1.807, 2.05) is 20.8 Å². The van der Waals surface area contributed by atoms with E-state index >= 15 is 0 Å². The normalized spacial score (nSPS) is 10.7. The molecule has 0 aliphatic heterocycles. The summed E-state index contributed by atoms with van der Waals surface area (Å²) in [5.74, 6) is -1.23. The fourth-order valence-electron chi connectivity index (χ4n) is 1.80. The van der Waals surface area contributed by atoms with E-state index in [-0.39, 0.29) is 23.5 Å². The van der Waals surface area contributed by atoms with Gasteiger partial charge in [-0.05, 0) is 24.5 Å². The van der Waals surface area contributed by atoms with Gasteiger partial charge in [-0.15, -0.1) is 0 Å². The van der Waals surface area contributed by atoms with Crippen LogP contribution in [-0.2, 0) is 4.79 Å². The molecule has 1 aromatic rings. The molecule has 110 valence electrons. The number of halogens is 1. The number of carbonyl (C=O) groups excluding carboxylic acids is 1. The van der Waals surface area contributed by atoms with Gasteiger partial charge in [-0.2, -0.15) is 0 Å². The van der Waals surface area contributed by atoms with E-state index in [9.17, 15) is 9.59 Å². The number of carbonyl (C=O) groups is 2. The summed E-state index contributed by atoms with van der Waals surface area (Å²) in [7, 11) is 0. The predicted octanol–water partition coefficient (Wildman–Crippen LogP) is 2.80. The molecule has 6 heteroatoms. The molecule has 0 fully saturated rings. The number of hydrogen-bond acceptors (Lipinski definition) is 3. The Labute approximate surface area is 123 Å². The van der Waals surface area contributed by atoms with Gasteiger partial charge in [0.1, 0.15) is 11.7 Å². The molecule has 5 nitrogen and oxygen atoms in total. The zero-order valence-electron chi connectivity index (χ0n) is 11.9. The second kappa shape index (κ2) is 7.24. The van der Waals surface area contributed by atoms with Gasteiger partial charge >= 0.3 is 5.97 Å². The monoisotopic (exact) mass is 298 g/mol. The van der Waals surface area contributed by atoms with Crippen molar-refractivity contribution in [3.8, 4) is 0 Å². The summed E-state index contributed by atoms with van der Waals surface area (Å²) in [6, 6.07) is 3.14. The number of nitrogens with zero attached hydrogens (tertiary/aromatic N) is 2. The van der Waals surface area contributed by atoms with E-state index in [0.29, 0.717) is 24.2 Å². The molecule has 0 unspecified atom stereocenters. The quantitative estimate of drug-likeness (QED) is 0.820. The molecule has 1 heterocycles. The first-order valence-electron chi connectivity index (χ1n) is 6.53. The number of amides is 1. The molecule has 0 saturated carbocycles. The number of pyridine rings is 1. The highest BCUT2D eigenvalue weighted by molar-refractivity contribution is 6.29.